The van der Waals surface area contributed by atoms with Crippen molar-refractivity contribution in [3.8, 4) is 6.07 Å². The molecule has 2 unspecified atom stereocenters. The molecule has 2 heterocycles. The van der Waals surface area contributed by atoms with Crippen molar-refractivity contribution in [1.82, 2.24) is 4.90 Å². The van der Waals surface area contributed by atoms with Gasteiger partial charge >= 0.3 is 0 Å². The Kier molecular flexibility index (Phi) is 6.26. The van der Waals surface area contributed by atoms with Gasteiger partial charge in [0.25, 0.3) is 0 Å². The zero-order chi connectivity index (χ0) is 16.8. The van der Waals surface area contributed by atoms with Crippen LogP contribution in [0.3, 0.4) is 0 Å². The van der Waals surface area contributed by atoms with Crippen LogP contribution in [0.25, 0.3) is 0 Å². The van der Waals surface area contributed by atoms with Crippen LogP contribution in [-0.2, 0) is 4.79 Å². The van der Waals surface area contributed by atoms with Gasteiger partial charge in [0.05, 0.1) is 17.9 Å². The number of allylic oxidation sites excluding steroid dienone is 2. The van der Waals surface area contributed by atoms with Crippen molar-refractivity contribution in [1.29, 1.82) is 5.26 Å². The van der Waals surface area contributed by atoms with E-state index in [0.717, 1.165) is 25.0 Å². The Hall–Kier alpha value is -1.77. The summed E-state index contributed by atoms with van der Waals surface area (Å²) in [6.07, 6.45) is 9.47. The van der Waals surface area contributed by atoms with E-state index in [4.69, 9.17) is 11.0 Å². The van der Waals surface area contributed by atoms with Gasteiger partial charge in [-0.05, 0) is 26.2 Å². The number of carbonyl (C=O) groups is 1. The van der Waals surface area contributed by atoms with Crippen LogP contribution in [0.15, 0.2) is 46.9 Å². The van der Waals surface area contributed by atoms with Crippen LogP contribution in [0.2, 0.25) is 0 Å². The van der Waals surface area contributed by atoms with E-state index >= 15 is 0 Å². The number of amides is 1. The minimum atomic E-state index is -0.168. The van der Waals surface area contributed by atoms with Gasteiger partial charge in [0.1, 0.15) is 0 Å². The molecule has 122 valence electrons. The fourth-order valence-electron chi connectivity index (χ4n) is 2.83. The van der Waals surface area contributed by atoms with Gasteiger partial charge in [-0.3, -0.25) is 4.79 Å². The van der Waals surface area contributed by atoms with E-state index in [1.165, 1.54) is 10.5 Å². The third-order valence-electron chi connectivity index (χ3n) is 4.03. The van der Waals surface area contributed by atoms with Crippen molar-refractivity contribution in [3.05, 3.63) is 46.9 Å². The predicted molar refractivity (Wildman–Crippen MR) is 95.5 cm³/mol. The summed E-state index contributed by atoms with van der Waals surface area (Å²) in [4.78, 5) is 15.4. The predicted octanol–water partition coefficient (Wildman–Crippen LogP) is 2.91. The van der Waals surface area contributed by atoms with Crippen LogP contribution in [-0.4, -0.2) is 35.2 Å². The Bertz CT molecular complexity index is 612. The van der Waals surface area contributed by atoms with Crippen molar-refractivity contribution in [3.63, 3.8) is 0 Å². The number of nitrogens with two attached hydrogens (primary N) is 1. The number of hydrogen-bond acceptors (Lipinski definition) is 4. The maximum Gasteiger partial charge on any atom is 0.246 e. The average Bonchev–Trinajstić information content (AvgIpc) is 2.94. The standard InChI is InChI=1S/C18H23N3OS/c1-3-4-13(2)9-15(20)5-6-18(22)21-8-7-14-10-16(11-19)23-17(14)12-21/h3-6,15-16H,1,7-10,12,20H2,2H3/b6-5+,13-4+. The number of hydrogen-bond donors (Lipinski definition) is 1. The molecule has 0 bridgehead atoms. The minimum Gasteiger partial charge on any atom is -0.334 e. The Morgan fingerprint density at radius 3 is 3.13 bits per heavy atom. The molecule has 2 aliphatic heterocycles. The summed E-state index contributed by atoms with van der Waals surface area (Å²) < 4.78 is 0. The summed E-state index contributed by atoms with van der Waals surface area (Å²) in [7, 11) is 0. The number of nitriles is 1. The zero-order valence-electron chi connectivity index (χ0n) is 13.5. The van der Waals surface area contributed by atoms with Crippen LogP contribution in [0.4, 0.5) is 0 Å². The maximum absolute atomic E-state index is 12.3. The second-order valence-corrected chi connectivity index (χ2v) is 7.25. The fourth-order valence-corrected chi connectivity index (χ4v) is 4.09. The van der Waals surface area contributed by atoms with Gasteiger partial charge in [-0.15, -0.1) is 11.8 Å². The maximum atomic E-state index is 12.3. The lowest BCUT2D eigenvalue weighted by molar-refractivity contribution is -0.125. The van der Waals surface area contributed by atoms with Crippen LogP contribution in [0.5, 0.6) is 0 Å². The third-order valence-corrected chi connectivity index (χ3v) is 5.29. The molecule has 0 aliphatic carbocycles. The zero-order valence-corrected chi connectivity index (χ0v) is 14.3. The topological polar surface area (TPSA) is 70.1 Å². The summed E-state index contributed by atoms with van der Waals surface area (Å²) in [5.41, 5.74) is 8.52. The van der Waals surface area contributed by atoms with Crippen molar-refractivity contribution < 1.29 is 4.79 Å². The molecule has 2 atom stereocenters. The molecule has 0 aromatic carbocycles. The molecule has 0 saturated heterocycles. The SMILES string of the molecule is C=C/C=C(\C)CC(N)/C=C/C(=O)N1CCC2=C(C1)SC(C#N)C2. The van der Waals surface area contributed by atoms with Crippen LogP contribution < -0.4 is 5.73 Å². The Morgan fingerprint density at radius 2 is 2.43 bits per heavy atom. The van der Waals surface area contributed by atoms with E-state index in [2.05, 4.69) is 12.6 Å². The number of rotatable bonds is 5. The van der Waals surface area contributed by atoms with Gasteiger partial charge in [-0.2, -0.15) is 5.26 Å². The summed E-state index contributed by atoms with van der Waals surface area (Å²) >= 11 is 1.61. The van der Waals surface area contributed by atoms with Gasteiger partial charge in [0, 0.05) is 23.6 Å². The molecule has 5 heteroatoms. The average molecular weight is 329 g/mol. The van der Waals surface area contributed by atoms with E-state index in [1.54, 1.807) is 30.0 Å². The number of carbonyl (C=O) groups excluding carboxylic acids is 1. The largest absolute Gasteiger partial charge is 0.334 e. The first kappa shape index (κ1) is 17.6. The second kappa shape index (κ2) is 8.19. The molecule has 2 aliphatic rings. The van der Waals surface area contributed by atoms with Gasteiger partial charge in [-0.25, -0.2) is 0 Å². The van der Waals surface area contributed by atoms with Crippen molar-refractivity contribution in [2.75, 3.05) is 13.1 Å². The summed E-state index contributed by atoms with van der Waals surface area (Å²) in [5.74, 6) is -0.00152. The van der Waals surface area contributed by atoms with Gasteiger partial charge in [0.2, 0.25) is 5.91 Å². The highest BCUT2D eigenvalue weighted by atomic mass is 32.2. The normalized spacial score (nSPS) is 22.9. The summed E-state index contributed by atoms with van der Waals surface area (Å²) in [5, 5.41) is 9.06. The minimum absolute atomic E-state index is 0.00152. The van der Waals surface area contributed by atoms with Gasteiger partial charge < -0.3 is 10.6 Å². The fraction of sp³-hybridized carbons (Fsp3) is 0.444. The lowest BCUT2D eigenvalue weighted by Crippen LogP contribution is -2.35. The number of nitrogens with zero attached hydrogens (tertiary/aromatic N) is 2. The Balaban J connectivity index is 1.87. The molecular formula is C18H23N3OS. The van der Waals surface area contributed by atoms with Crippen molar-refractivity contribution in [2.45, 2.75) is 37.5 Å². The first-order valence-corrected chi connectivity index (χ1v) is 8.69. The molecule has 2 rings (SSSR count). The molecule has 0 radical (unpaired) electrons. The molecule has 23 heavy (non-hydrogen) atoms. The first-order valence-electron chi connectivity index (χ1n) is 7.81. The molecular weight excluding hydrogens is 306 g/mol. The molecule has 0 fully saturated rings. The summed E-state index contributed by atoms with van der Waals surface area (Å²) in [6.45, 7) is 7.02. The monoisotopic (exact) mass is 329 g/mol. The molecule has 0 spiro atoms. The van der Waals surface area contributed by atoms with Crippen LogP contribution in [0, 0.1) is 11.3 Å². The van der Waals surface area contributed by atoms with E-state index in [1.807, 2.05) is 17.9 Å². The van der Waals surface area contributed by atoms with E-state index < -0.39 is 0 Å². The number of thioether (sulfide) groups is 1. The van der Waals surface area contributed by atoms with Crippen LogP contribution in [0.1, 0.15) is 26.2 Å². The van der Waals surface area contributed by atoms with Crippen LogP contribution >= 0.6 is 11.8 Å². The molecule has 0 aromatic rings. The highest BCUT2D eigenvalue weighted by molar-refractivity contribution is 8.04. The highest BCUT2D eigenvalue weighted by Gasteiger charge is 2.30. The lowest BCUT2D eigenvalue weighted by atomic mass is 10.0. The smallest absolute Gasteiger partial charge is 0.246 e. The lowest BCUT2D eigenvalue weighted by Gasteiger charge is -2.27. The molecule has 1 amide bonds. The quantitative estimate of drug-likeness (QED) is 0.622. The molecule has 0 saturated carbocycles. The van der Waals surface area contributed by atoms with Crippen molar-refractivity contribution in [2.24, 2.45) is 5.73 Å². The third kappa shape index (κ3) is 4.85. The van der Waals surface area contributed by atoms with E-state index in [9.17, 15) is 4.79 Å². The molecule has 4 nitrogen and oxygen atoms in total. The van der Waals surface area contributed by atoms with E-state index in [-0.39, 0.29) is 17.2 Å². The van der Waals surface area contributed by atoms with E-state index in [0.29, 0.717) is 13.0 Å². The molecule has 0 aromatic heterocycles. The Morgan fingerprint density at radius 1 is 1.65 bits per heavy atom. The summed E-state index contributed by atoms with van der Waals surface area (Å²) in [6, 6.07) is 2.14. The van der Waals surface area contributed by atoms with Gasteiger partial charge in [-0.1, -0.05) is 36.0 Å². The molecule has 2 N–H and O–H groups in total. The van der Waals surface area contributed by atoms with Gasteiger partial charge in [0.15, 0.2) is 0 Å². The van der Waals surface area contributed by atoms with Crippen molar-refractivity contribution >= 4 is 17.7 Å². The first-order chi connectivity index (χ1) is 11.0. The second-order valence-electron chi connectivity index (χ2n) is 5.95. The Labute approximate surface area is 142 Å². The highest BCUT2D eigenvalue weighted by Crippen LogP contribution is 2.41.